The van der Waals surface area contributed by atoms with E-state index in [2.05, 4.69) is 0 Å². The van der Waals surface area contributed by atoms with Crippen LogP contribution in [0.2, 0.25) is 5.02 Å². The van der Waals surface area contributed by atoms with Gasteiger partial charge in [-0.2, -0.15) is 0 Å². The van der Waals surface area contributed by atoms with E-state index in [0.29, 0.717) is 21.8 Å². The van der Waals surface area contributed by atoms with Crippen LogP contribution in [0.3, 0.4) is 0 Å². The number of carbonyl (C=O) groups excluding carboxylic acids is 4. The smallest absolute Gasteiger partial charge is 0.374 e. The minimum Gasteiger partial charge on any atom is -0.460 e. The number of ether oxygens (including phenoxy) is 1. The molecule has 1 heterocycles. The lowest BCUT2D eigenvalue weighted by Crippen LogP contribution is -2.44. The molecule has 150 valence electrons. The quantitative estimate of drug-likeness (QED) is 0.534. The van der Waals surface area contributed by atoms with Crippen LogP contribution in [0.5, 0.6) is 0 Å². The third kappa shape index (κ3) is 4.07. The molecule has 3 rings (SSSR count). The van der Waals surface area contributed by atoms with E-state index in [4.69, 9.17) is 16.3 Å². The van der Waals surface area contributed by atoms with Gasteiger partial charge in [-0.1, -0.05) is 35.9 Å². The normalized spacial score (nSPS) is 16.3. The maximum atomic E-state index is 13.2. The highest BCUT2D eigenvalue weighted by Gasteiger charge is 2.45. The number of carbonyl (C=O) groups is 4. The third-order valence-corrected chi connectivity index (χ3v) is 5.12. The lowest BCUT2D eigenvalue weighted by atomic mass is 9.84. The highest BCUT2D eigenvalue weighted by Crippen LogP contribution is 2.40. The average molecular weight is 414 g/mol. The molecule has 1 aliphatic heterocycles. The highest BCUT2D eigenvalue weighted by atomic mass is 35.5. The fourth-order valence-electron chi connectivity index (χ4n) is 3.69. The van der Waals surface area contributed by atoms with Crippen molar-refractivity contribution in [2.24, 2.45) is 0 Å². The number of nitrogens with zero attached hydrogens (tertiary/aromatic N) is 1. The molecule has 6 nitrogen and oxygen atoms in total. The monoisotopic (exact) mass is 413 g/mol. The van der Waals surface area contributed by atoms with Gasteiger partial charge < -0.3 is 9.64 Å². The molecule has 0 saturated carbocycles. The van der Waals surface area contributed by atoms with Crippen LogP contribution in [0.15, 0.2) is 48.5 Å². The van der Waals surface area contributed by atoms with E-state index in [0.717, 1.165) is 0 Å². The number of fused-ring (bicyclic) bond motifs is 1. The van der Waals surface area contributed by atoms with E-state index in [9.17, 15) is 19.2 Å². The molecule has 29 heavy (non-hydrogen) atoms. The second-order valence-electron chi connectivity index (χ2n) is 6.72. The summed E-state index contributed by atoms with van der Waals surface area (Å²) in [5.41, 5.74) is 1.49. The van der Waals surface area contributed by atoms with Crippen LogP contribution in [0.4, 0.5) is 5.69 Å². The van der Waals surface area contributed by atoms with Gasteiger partial charge in [0.1, 0.15) is 6.04 Å². The van der Waals surface area contributed by atoms with Crippen molar-refractivity contribution < 1.29 is 23.9 Å². The van der Waals surface area contributed by atoms with Crippen molar-refractivity contribution in [1.82, 2.24) is 0 Å². The Kier molecular flexibility index (Phi) is 6.13. The summed E-state index contributed by atoms with van der Waals surface area (Å²) in [4.78, 5) is 51.5. The average Bonchev–Trinajstić information content (AvgIpc) is 2.99. The van der Waals surface area contributed by atoms with Gasteiger partial charge in [0, 0.05) is 29.8 Å². The number of halogens is 1. The third-order valence-electron chi connectivity index (χ3n) is 4.88. The molecule has 0 N–H and O–H groups in total. The van der Waals surface area contributed by atoms with Gasteiger partial charge in [0.05, 0.1) is 12.3 Å². The zero-order valence-electron chi connectivity index (χ0n) is 16.1. The Morgan fingerprint density at radius 2 is 1.86 bits per heavy atom. The summed E-state index contributed by atoms with van der Waals surface area (Å²) < 4.78 is 4.81. The fourth-order valence-corrected chi connectivity index (χ4v) is 3.89. The molecule has 1 amide bonds. The van der Waals surface area contributed by atoms with Crippen LogP contribution in [-0.2, 0) is 19.1 Å². The number of Topliss-reactive ketones (excluding diaryl/α,β-unsaturated/α-hetero) is 2. The molecule has 2 atom stereocenters. The molecule has 2 aromatic carbocycles. The first-order valence-corrected chi connectivity index (χ1v) is 9.61. The largest absolute Gasteiger partial charge is 0.460 e. The van der Waals surface area contributed by atoms with E-state index in [1.807, 2.05) is 0 Å². The maximum Gasteiger partial charge on any atom is 0.374 e. The van der Waals surface area contributed by atoms with Gasteiger partial charge in [0.15, 0.2) is 5.78 Å². The standard InChI is InChI=1S/C22H20ClNO5/c1-3-29-22(28)19(26)12-17(14-7-6-8-15(23)11-14)20-21(27)16-9-4-5-10-18(16)24(20)13(2)25/h4-11,17,20H,3,12H2,1-2H3/t17-,20+/m1/s1. The molecule has 7 heteroatoms. The van der Waals surface area contributed by atoms with E-state index in [1.165, 1.54) is 11.8 Å². The number of amides is 1. The molecular formula is C22H20ClNO5. The Hall–Kier alpha value is -2.99. The molecule has 0 fully saturated rings. The van der Waals surface area contributed by atoms with Crippen molar-refractivity contribution in [1.29, 1.82) is 0 Å². The minimum absolute atomic E-state index is 0.0692. The number of hydrogen-bond acceptors (Lipinski definition) is 5. The minimum atomic E-state index is -0.961. The van der Waals surface area contributed by atoms with Gasteiger partial charge in [-0.15, -0.1) is 0 Å². The summed E-state index contributed by atoms with van der Waals surface area (Å²) in [6, 6.07) is 12.6. The van der Waals surface area contributed by atoms with E-state index in [1.54, 1.807) is 55.5 Å². The Balaban J connectivity index is 2.08. The molecule has 0 unspecified atom stereocenters. The van der Waals surface area contributed by atoms with Gasteiger partial charge >= 0.3 is 5.97 Å². The van der Waals surface area contributed by atoms with Gasteiger partial charge in [-0.25, -0.2) is 4.79 Å². The number of hydrogen-bond donors (Lipinski definition) is 0. The van der Waals surface area contributed by atoms with Crippen molar-refractivity contribution in [2.45, 2.75) is 32.2 Å². The van der Waals surface area contributed by atoms with Crippen molar-refractivity contribution in [2.75, 3.05) is 11.5 Å². The molecular weight excluding hydrogens is 394 g/mol. The Morgan fingerprint density at radius 3 is 2.52 bits per heavy atom. The summed E-state index contributed by atoms with van der Waals surface area (Å²) in [6.07, 6.45) is -0.284. The predicted octanol–water partition coefficient (Wildman–Crippen LogP) is 3.56. The Morgan fingerprint density at radius 1 is 1.14 bits per heavy atom. The molecule has 0 aliphatic carbocycles. The van der Waals surface area contributed by atoms with Crippen LogP contribution in [-0.4, -0.2) is 36.1 Å². The predicted molar refractivity (Wildman–Crippen MR) is 108 cm³/mol. The molecule has 0 radical (unpaired) electrons. The van der Waals surface area contributed by atoms with Crippen LogP contribution in [0, 0.1) is 0 Å². The first-order chi connectivity index (χ1) is 13.8. The SMILES string of the molecule is CCOC(=O)C(=O)C[C@H](c1cccc(Cl)c1)[C@H]1C(=O)c2ccccc2N1C(C)=O. The molecule has 1 aliphatic rings. The number of para-hydroxylation sites is 1. The van der Waals surface area contributed by atoms with Crippen LogP contribution < -0.4 is 4.90 Å². The van der Waals surface area contributed by atoms with E-state index < -0.39 is 23.7 Å². The van der Waals surface area contributed by atoms with Crippen LogP contribution in [0.25, 0.3) is 0 Å². The fraction of sp³-hybridized carbons (Fsp3) is 0.273. The number of ketones is 2. The molecule has 0 spiro atoms. The lowest BCUT2D eigenvalue weighted by Gasteiger charge is -2.30. The van der Waals surface area contributed by atoms with Crippen molar-refractivity contribution >= 4 is 40.7 Å². The zero-order valence-corrected chi connectivity index (χ0v) is 16.8. The first-order valence-electron chi connectivity index (χ1n) is 9.23. The van der Waals surface area contributed by atoms with Crippen molar-refractivity contribution in [3.8, 4) is 0 Å². The van der Waals surface area contributed by atoms with Gasteiger partial charge in [0.2, 0.25) is 11.7 Å². The summed E-state index contributed by atoms with van der Waals surface area (Å²) >= 11 is 6.13. The van der Waals surface area contributed by atoms with Gasteiger partial charge in [-0.05, 0) is 36.8 Å². The van der Waals surface area contributed by atoms with E-state index in [-0.39, 0.29) is 24.7 Å². The number of benzene rings is 2. The van der Waals surface area contributed by atoms with Crippen molar-refractivity contribution in [3.63, 3.8) is 0 Å². The van der Waals surface area contributed by atoms with Crippen LogP contribution >= 0.6 is 11.6 Å². The second-order valence-corrected chi connectivity index (χ2v) is 7.16. The van der Waals surface area contributed by atoms with Gasteiger partial charge in [0.25, 0.3) is 0 Å². The lowest BCUT2D eigenvalue weighted by molar-refractivity contribution is -0.153. The topological polar surface area (TPSA) is 80.8 Å². The molecule has 2 aromatic rings. The first kappa shape index (κ1) is 20.7. The molecule has 0 bridgehead atoms. The summed E-state index contributed by atoms with van der Waals surface area (Å²) in [6.45, 7) is 3.04. The van der Waals surface area contributed by atoms with Crippen molar-refractivity contribution in [3.05, 3.63) is 64.7 Å². The number of rotatable bonds is 6. The van der Waals surface area contributed by atoms with Gasteiger partial charge in [-0.3, -0.25) is 14.4 Å². The van der Waals surface area contributed by atoms with Crippen LogP contribution in [0.1, 0.15) is 42.1 Å². The highest BCUT2D eigenvalue weighted by molar-refractivity contribution is 6.34. The molecule has 0 saturated heterocycles. The Labute approximate surface area is 173 Å². The number of anilines is 1. The summed E-state index contributed by atoms with van der Waals surface area (Å²) in [5, 5.41) is 0.424. The zero-order chi connectivity index (χ0) is 21.1. The summed E-state index contributed by atoms with van der Waals surface area (Å²) in [7, 11) is 0. The van der Waals surface area contributed by atoms with E-state index >= 15 is 0 Å². The summed E-state index contributed by atoms with van der Waals surface area (Å²) in [5.74, 6) is -3.09. The molecule has 0 aromatic heterocycles. The number of esters is 1. The Bertz CT molecular complexity index is 987. The second kappa shape index (κ2) is 8.57. The maximum absolute atomic E-state index is 13.2.